The van der Waals surface area contributed by atoms with E-state index in [0.29, 0.717) is 12.5 Å². The predicted molar refractivity (Wildman–Crippen MR) is 79.0 cm³/mol. The van der Waals surface area contributed by atoms with Gasteiger partial charge in [0.2, 0.25) is 0 Å². The highest BCUT2D eigenvalue weighted by molar-refractivity contribution is 6.33. The lowest BCUT2D eigenvalue weighted by atomic mass is 10.0. The van der Waals surface area contributed by atoms with Crippen molar-refractivity contribution >= 4 is 23.0 Å². The average Bonchev–Trinajstić information content (AvgIpc) is 2.39. The van der Waals surface area contributed by atoms with Gasteiger partial charge in [-0.25, -0.2) is 4.39 Å². The lowest BCUT2D eigenvalue weighted by molar-refractivity contribution is 0.226. The van der Waals surface area contributed by atoms with E-state index in [1.54, 1.807) is 0 Å². The summed E-state index contributed by atoms with van der Waals surface area (Å²) in [7, 11) is 0. The molecule has 0 amide bonds. The highest BCUT2D eigenvalue weighted by Gasteiger charge is 2.17. The van der Waals surface area contributed by atoms with Gasteiger partial charge in [-0.1, -0.05) is 44.7 Å². The van der Waals surface area contributed by atoms with Gasteiger partial charge in [-0.2, -0.15) is 0 Å². The van der Waals surface area contributed by atoms with Crippen LogP contribution in [0.3, 0.4) is 0 Å². The molecule has 5 heteroatoms. The Morgan fingerprint density at radius 3 is 2.58 bits per heavy atom. The number of rotatable bonds is 7. The number of ether oxygens (including phenoxy) is 1. The quantitative estimate of drug-likeness (QED) is 0.738. The molecule has 19 heavy (non-hydrogen) atoms. The minimum atomic E-state index is -0.676. The van der Waals surface area contributed by atoms with Crippen LogP contribution in [0.15, 0.2) is 6.07 Å². The normalized spacial score (nSPS) is 12.4. The van der Waals surface area contributed by atoms with E-state index in [4.69, 9.17) is 27.8 Å². The van der Waals surface area contributed by atoms with Crippen LogP contribution in [-0.4, -0.2) is 6.61 Å². The van der Waals surface area contributed by atoms with Gasteiger partial charge in [-0.05, 0) is 18.4 Å². The molecule has 0 fully saturated rings. The van der Waals surface area contributed by atoms with Crippen molar-refractivity contribution in [3.63, 3.8) is 0 Å². The fraction of sp³-hybridized carbons (Fsp3) is 0.571. The Bertz CT molecular complexity index is 426. The summed E-state index contributed by atoms with van der Waals surface area (Å²) in [6.07, 6.45) is 4.34. The van der Waals surface area contributed by atoms with E-state index in [1.807, 2.05) is 0 Å². The molecule has 0 heterocycles. The molecular weight excluding hydrogens is 267 g/mol. The van der Waals surface area contributed by atoms with E-state index in [-0.39, 0.29) is 22.1 Å². The summed E-state index contributed by atoms with van der Waals surface area (Å²) in [6.45, 7) is 4.68. The predicted octanol–water partition coefficient (Wildman–Crippen LogP) is 4.24. The number of anilines is 2. The molecule has 0 aliphatic carbocycles. The zero-order valence-corrected chi connectivity index (χ0v) is 12.3. The van der Waals surface area contributed by atoms with E-state index in [2.05, 4.69) is 13.8 Å². The SMILES string of the molecule is CCCCC(CC)COc1c(N)cc(N)c(Cl)c1F. The highest BCUT2D eigenvalue weighted by Crippen LogP contribution is 2.35. The summed E-state index contributed by atoms with van der Waals surface area (Å²) in [6, 6.07) is 1.42. The number of unbranched alkanes of at least 4 members (excludes halogenated alkanes) is 1. The number of nitrogens with two attached hydrogens (primary N) is 2. The Morgan fingerprint density at radius 1 is 1.32 bits per heavy atom. The maximum absolute atomic E-state index is 13.9. The zero-order valence-electron chi connectivity index (χ0n) is 11.5. The average molecular weight is 289 g/mol. The molecule has 0 aliphatic heterocycles. The maximum atomic E-state index is 13.9. The van der Waals surface area contributed by atoms with Crippen LogP contribution in [0.1, 0.15) is 39.5 Å². The molecule has 0 radical (unpaired) electrons. The standard InChI is InChI=1S/C14H22ClFN2O/c1-3-5-6-9(4-2)8-19-14-11(18)7-10(17)12(15)13(14)16/h7,9H,3-6,8,17-18H2,1-2H3. The maximum Gasteiger partial charge on any atom is 0.187 e. The van der Waals surface area contributed by atoms with Gasteiger partial charge in [0.15, 0.2) is 11.6 Å². The van der Waals surface area contributed by atoms with Gasteiger partial charge in [0, 0.05) is 0 Å². The van der Waals surface area contributed by atoms with Crippen molar-refractivity contribution in [2.24, 2.45) is 5.92 Å². The van der Waals surface area contributed by atoms with Gasteiger partial charge in [0.05, 0.1) is 18.0 Å². The first-order chi connectivity index (χ1) is 9.01. The van der Waals surface area contributed by atoms with Gasteiger partial charge in [0.25, 0.3) is 0 Å². The van der Waals surface area contributed by atoms with E-state index < -0.39 is 5.82 Å². The molecule has 0 spiro atoms. The molecular formula is C14H22ClFN2O. The third kappa shape index (κ3) is 4.16. The van der Waals surface area contributed by atoms with Crippen molar-refractivity contribution in [3.05, 3.63) is 16.9 Å². The number of hydrogen-bond acceptors (Lipinski definition) is 3. The zero-order chi connectivity index (χ0) is 14.4. The molecule has 1 rings (SSSR count). The van der Waals surface area contributed by atoms with Crippen LogP contribution in [0, 0.1) is 11.7 Å². The van der Waals surface area contributed by atoms with E-state index >= 15 is 0 Å². The molecule has 1 unspecified atom stereocenters. The topological polar surface area (TPSA) is 61.3 Å². The third-order valence-electron chi connectivity index (χ3n) is 3.23. The summed E-state index contributed by atoms with van der Waals surface area (Å²) in [4.78, 5) is 0. The summed E-state index contributed by atoms with van der Waals surface area (Å²) in [5.74, 6) is -0.270. The summed E-state index contributed by atoms with van der Waals surface area (Å²) in [5.41, 5.74) is 11.6. The Kier molecular flexibility index (Phi) is 6.22. The number of benzene rings is 1. The Morgan fingerprint density at radius 2 is 2.00 bits per heavy atom. The second kappa shape index (κ2) is 7.43. The summed E-state index contributed by atoms with van der Waals surface area (Å²) >= 11 is 5.75. The first-order valence-electron chi connectivity index (χ1n) is 6.66. The third-order valence-corrected chi connectivity index (χ3v) is 3.61. The molecule has 0 saturated carbocycles. The van der Waals surface area contributed by atoms with Gasteiger partial charge in [-0.3, -0.25) is 0 Å². The Balaban J connectivity index is 2.74. The second-order valence-corrected chi connectivity index (χ2v) is 5.12. The first kappa shape index (κ1) is 15.9. The monoisotopic (exact) mass is 288 g/mol. The van der Waals surface area contributed by atoms with Crippen LogP contribution in [-0.2, 0) is 0 Å². The molecule has 0 aromatic heterocycles. The van der Waals surface area contributed by atoms with E-state index in [0.717, 1.165) is 25.7 Å². The second-order valence-electron chi connectivity index (χ2n) is 4.74. The Hall–Kier alpha value is -1.16. The van der Waals surface area contributed by atoms with Crippen LogP contribution < -0.4 is 16.2 Å². The van der Waals surface area contributed by atoms with Crippen molar-refractivity contribution in [2.75, 3.05) is 18.1 Å². The fourth-order valence-corrected chi connectivity index (χ4v) is 2.04. The van der Waals surface area contributed by atoms with Crippen LogP contribution in [0.25, 0.3) is 0 Å². The summed E-state index contributed by atoms with van der Waals surface area (Å²) < 4.78 is 19.4. The van der Waals surface area contributed by atoms with Gasteiger partial charge >= 0.3 is 0 Å². The molecule has 1 aromatic rings. The van der Waals surface area contributed by atoms with Crippen LogP contribution >= 0.6 is 11.6 Å². The number of nitrogen functional groups attached to an aromatic ring is 2. The van der Waals surface area contributed by atoms with Crippen molar-refractivity contribution in [3.8, 4) is 5.75 Å². The van der Waals surface area contributed by atoms with Gasteiger partial charge < -0.3 is 16.2 Å². The van der Waals surface area contributed by atoms with E-state index in [1.165, 1.54) is 6.07 Å². The first-order valence-corrected chi connectivity index (χ1v) is 7.04. The van der Waals surface area contributed by atoms with Gasteiger partial charge in [0.1, 0.15) is 5.02 Å². The lowest BCUT2D eigenvalue weighted by Crippen LogP contribution is -2.13. The fourth-order valence-electron chi connectivity index (χ4n) is 1.90. The minimum Gasteiger partial charge on any atom is -0.488 e. The molecule has 0 bridgehead atoms. The van der Waals surface area contributed by atoms with Crippen molar-refractivity contribution in [2.45, 2.75) is 39.5 Å². The van der Waals surface area contributed by atoms with Crippen LogP contribution in [0.5, 0.6) is 5.75 Å². The molecule has 108 valence electrons. The van der Waals surface area contributed by atoms with Crippen molar-refractivity contribution in [1.29, 1.82) is 0 Å². The minimum absolute atomic E-state index is 0.00847. The number of halogens is 2. The molecule has 3 nitrogen and oxygen atoms in total. The molecule has 0 saturated heterocycles. The largest absolute Gasteiger partial charge is 0.488 e. The van der Waals surface area contributed by atoms with Crippen LogP contribution in [0.4, 0.5) is 15.8 Å². The Labute approximate surface area is 119 Å². The smallest absolute Gasteiger partial charge is 0.187 e. The summed E-state index contributed by atoms with van der Waals surface area (Å²) in [5, 5.41) is -0.134. The lowest BCUT2D eigenvalue weighted by Gasteiger charge is -2.17. The molecule has 1 atom stereocenters. The highest BCUT2D eigenvalue weighted by atomic mass is 35.5. The van der Waals surface area contributed by atoms with E-state index in [9.17, 15) is 4.39 Å². The van der Waals surface area contributed by atoms with Crippen molar-refractivity contribution < 1.29 is 9.13 Å². The van der Waals surface area contributed by atoms with Crippen LogP contribution in [0.2, 0.25) is 5.02 Å². The molecule has 0 aliphatic rings. The number of hydrogen-bond donors (Lipinski definition) is 2. The molecule has 1 aromatic carbocycles. The molecule has 4 N–H and O–H groups in total. The van der Waals surface area contributed by atoms with Gasteiger partial charge in [-0.15, -0.1) is 0 Å². The van der Waals surface area contributed by atoms with Crippen molar-refractivity contribution in [1.82, 2.24) is 0 Å².